The predicted octanol–water partition coefficient (Wildman–Crippen LogP) is 4.18. The van der Waals surface area contributed by atoms with E-state index in [1.807, 2.05) is 30.3 Å². The third-order valence-electron chi connectivity index (χ3n) is 3.59. The van der Waals surface area contributed by atoms with Crippen LogP contribution in [0.4, 0.5) is 5.69 Å². The number of nitro benzene ring substituents is 1. The molecule has 6 nitrogen and oxygen atoms in total. The van der Waals surface area contributed by atoms with E-state index in [0.717, 1.165) is 12.8 Å². The zero-order valence-electron chi connectivity index (χ0n) is 14.6. The average molecular weight is 355 g/mol. The molecular weight excluding hydrogens is 334 g/mol. The number of carbonyl (C=O) groups is 1. The van der Waals surface area contributed by atoms with Gasteiger partial charge in [-0.05, 0) is 43.0 Å². The number of hydrogen-bond acceptors (Lipinski definition) is 5. The van der Waals surface area contributed by atoms with E-state index in [1.165, 1.54) is 23.8 Å². The molecular formula is C20H21NO5. The lowest BCUT2D eigenvalue weighted by atomic mass is 10.1. The highest BCUT2D eigenvalue weighted by atomic mass is 16.6. The minimum absolute atomic E-state index is 0.129. The van der Waals surface area contributed by atoms with Crippen LogP contribution in [-0.2, 0) is 16.0 Å². The average Bonchev–Trinajstić information content (AvgIpc) is 2.65. The van der Waals surface area contributed by atoms with Gasteiger partial charge in [-0.3, -0.25) is 10.1 Å². The van der Waals surface area contributed by atoms with Gasteiger partial charge in [-0.2, -0.15) is 0 Å². The van der Waals surface area contributed by atoms with Crippen LogP contribution in [0.25, 0.3) is 6.08 Å². The lowest BCUT2D eigenvalue weighted by Gasteiger charge is -2.07. The van der Waals surface area contributed by atoms with Gasteiger partial charge in [0, 0.05) is 12.1 Å². The number of nitrogens with zero attached hydrogens (tertiary/aromatic N) is 1. The fourth-order valence-electron chi connectivity index (χ4n) is 2.36. The SMILES string of the molecule is CCOC(=O)/C=C/c1ccc(OCCCc2ccccc2)c([N+](=O)[O-])c1. The summed E-state index contributed by atoms with van der Waals surface area (Å²) >= 11 is 0. The number of rotatable bonds is 9. The van der Waals surface area contributed by atoms with Crippen molar-refractivity contribution in [3.8, 4) is 5.75 Å². The van der Waals surface area contributed by atoms with Gasteiger partial charge in [0.25, 0.3) is 0 Å². The molecule has 0 unspecified atom stereocenters. The molecule has 0 spiro atoms. The molecule has 0 fully saturated rings. The van der Waals surface area contributed by atoms with Crippen LogP contribution in [0.1, 0.15) is 24.5 Å². The molecule has 0 saturated carbocycles. The fourth-order valence-corrected chi connectivity index (χ4v) is 2.36. The van der Waals surface area contributed by atoms with Crippen LogP contribution in [0.2, 0.25) is 0 Å². The zero-order chi connectivity index (χ0) is 18.8. The number of hydrogen-bond donors (Lipinski definition) is 0. The molecule has 0 amide bonds. The van der Waals surface area contributed by atoms with Crippen LogP contribution < -0.4 is 4.74 Å². The Bertz CT molecular complexity index is 771. The molecule has 2 aromatic rings. The van der Waals surface area contributed by atoms with E-state index >= 15 is 0 Å². The maximum atomic E-state index is 11.3. The summed E-state index contributed by atoms with van der Waals surface area (Å²) in [6, 6.07) is 14.6. The highest BCUT2D eigenvalue weighted by Gasteiger charge is 2.15. The molecule has 136 valence electrons. The van der Waals surface area contributed by atoms with E-state index in [-0.39, 0.29) is 18.0 Å². The first-order chi connectivity index (χ1) is 12.6. The lowest BCUT2D eigenvalue weighted by molar-refractivity contribution is -0.385. The van der Waals surface area contributed by atoms with Crippen molar-refractivity contribution in [2.75, 3.05) is 13.2 Å². The quantitative estimate of drug-likeness (QED) is 0.222. The summed E-state index contributed by atoms with van der Waals surface area (Å²) in [5.41, 5.74) is 1.60. The number of benzene rings is 2. The van der Waals surface area contributed by atoms with Gasteiger partial charge in [-0.15, -0.1) is 0 Å². The number of esters is 1. The van der Waals surface area contributed by atoms with Crippen LogP contribution in [0, 0.1) is 10.1 Å². The number of ether oxygens (including phenoxy) is 2. The largest absolute Gasteiger partial charge is 0.487 e. The maximum Gasteiger partial charge on any atom is 0.330 e. The third kappa shape index (κ3) is 6.05. The summed E-state index contributed by atoms with van der Waals surface area (Å²) in [5, 5.41) is 11.3. The summed E-state index contributed by atoms with van der Waals surface area (Å²) in [5.74, 6) is -0.271. The van der Waals surface area contributed by atoms with Crippen molar-refractivity contribution in [3.05, 3.63) is 75.8 Å². The van der Waals surface area contributed by atoms with Crippen LogP contribution in [0.3, 0.4) is 0 Å². The Kier molecular flexibility index (Phi) is 7.36. The molecule has 0 saturated heterocycles. The molecule has 0 aliphatic rings. The molecule has 26 heavy (non-hydrogen) atoms. The van der Waals surface area contributed by atoms with Crippen molar-refractivity contribution in [3.63, 3.8) is 0 Å². The Morgan fingerprint density at radius 3 is 2.65 bits per heavy atom. The molecule has 0 atom stereocenters. The molecule has 0 heterocycles. The normalized spacial score (nSPS) is 10.7. The van der Waals surface area contributed by atoms with E-state index in [2.05, 4.69) is 0 Å². The minimum Gasteiger partial charge on any atom is -0.487 e. The van der Waals surface area contributed by atoms with Crippen molar-refractivity contribution in [1.29, 1.82) is 0 Å². The topological polar surface area (TPSA) is 78.7 Å². The van der Waals surface area contributed by atoms with Crippen LogP contribution in [0.15, 0.2) is 54.6 Å². The van der Waals surface area contributed by atoms with Crippen LogP contribution in [-0.4, -0.2) is 24.1 Å². The smallest absolute Gasteiger partial charge is 0.330 e. The van der Waals surface area contributed by atoms with Gasteiger partial charge in [0.2, 0.25) is 0 Å². The van der Waals surface area contributed by atoms with Gasteiger partial charge < -0.3 is 9.47 Å². The van der Waals surface area contributed by atoms with Crippen molar-refractivity contribution in [2.24, 2.45) is 0 Å². The van der Waals surface area contributed by atoms with Gasteiger partial charge in [-0.25, -0.2) is 4.79 Å². The van der Waals surface area contributed by atoms with Crippen molar-refractivity contribution in [1.82, 2.24) is 0 Å². The van der Waals surface area contributed by atoms with Gasteiger partial charge >= 0.3 is 11.7 Å². The summed E-state index contributed by atoms with van der Waals surface area (Å²) in [6.07, 6.45) is 4.31. The van der Waals surface area contributed by atoms with E-state index in [4.69, 9.17) is 9.47 Å². The van der Waals surface area contributed by atoms with Crippen molar-refractivity contribution >= 4 is 17.7 Å². The highest BCUT2D eigenvalue weighted by molar-refractivity contribution is 5.87. The van der Waals surface area contributed by atoms with Gasteiger partial charge in [0.1, 0.15) is 0 Å². The maximum absolute atomic E-state index is 11.3. The predicted molar refractivity (Wildman–Crippen MR) is 99.0 cm³/mol. The Hall–Kier alpha value is -3.15. The molecule has 0 aliphatic carbocycles. The molecule has 2 rings (SSSR count). The monoisotopic (exact) mass is 355 g/mol. The van der Waals surface area contributed by atoms with Gasteiger partial charge in [0.05, 0.1) is 18.1 Å². The molecule has 0 N–H and O–H groups in total. The summed E-state index contributed by atoms with van der Waals surface area (Å²) in [6.45, 7) is 2.37. The fraction of sp³-hybridized carbons (Fsp3) is 0.250. The molecule has 0 bridgehead atoms. The summed E-state index contributed by atoms with van der Waals surface area (Å²) < 4.78 is 10.4. The number of carbonyl (C=O) groups excluding carboxylic acids is 1. The van der Waals surface area contributed by atoms with Crippen LogP contribution in [0.5, 0.6) is 5.75 Å². The van der Waals surface area contributed by atoms with E-state index in [1.54, 1.807) is 19.1 Å². The molecule has 0 radical (unpaired) electrons. The van der Waals surface area contributed by atoms with Crippen molar-refractivity contribution in [2.45, 2.75) is 19.8 Å². The Morgan fingerprint density at radius 2 is 1.96 bits per heavy atom. The lowest BCUT2D eigenvalue weighted by Crippen LogP contribution is -2.02. The molecule has 2 aromatic carbocycles. The number of aryl methyl sites for hydroxylation is 1. The van der Waals surface area contributed by atoms with Crippen molar-refractivity contribution < 1.29 is 19.2 Å². The van der Waals surface area contributed by atoms with E-state index < -0.39 is 10.9 Å². The zero-order valence-corrected chi connectivity index (χ0v) is 14.6. The standard InChI is InChI=1S/C20H21NO5/c1-2-25-20(22)13-11-17-10-12-19(18(15-17)21(23)24)26-14-6-9-16-7-4-3-5-8-16/h3-5,7-8,10-13,15H,2,6,9,14H2,1H3/b13-11+. The second kappa shape index (κ2) is 9.98. The highest BCUT2D eigenvalue weighted by Crippen LogP contribution is 2.28. The third-order valence-corrected chi connectivity index (χ3v) is 3.59. The summed E-state index contributed by atoms with van der Waals surface area (Å²) in [4.78, 5) is 22.1. The minimum atomic E-state index is -0.492. The van der Waals surface area contributed by atoms with Gasteiger partial charge in [0.15, 0.2) is 5.75 Å². The second-order valence-corrected chi connectivity index (χ2v) is 5.51. The first-order valence-corrected chi connectivity index (χ1v) is 8.40. The summed E-state index contributed by atoms with van der Waals surface area (Å²) in [7, 11) is 0. The molecule has 6 heteroatoms. The van der Waals surface area contributed by atoms with E-state index in [0.29, 0.717) is 12.2 Å². The van der Waals surface area contributed by atoms with Gasteiger partial charge in [-0.1, -0.05) is 36.4 Å². The Balaban J connectivity index is 1.97. The Labute approximate surface area is 152 Å². The second-order valence-electron chi connectivity index (χ2n) is 5.51. The Morgan fingerprint density at radius 1 is 1.19 bits per heavy atom. The molecule has 0 aromatic heterocycles. The first kappa shape index (κ1) is 19.2. The van der Waals surface area contributed by atoms with E-state index in [9.17, 15) is 14.9 Å². The number of nitro groups is 1. The first-order valence-electron chi connectivity index (χ1n) is 8.40. The van der Waals surface area contributed by atoms with Crippen LogP contribution >= 0.6 is 0 Å². The molecule has 0 aliphatic heterocycles.